The number of rotatable bonds is 8. The van der Waals surface area contributed by atoms with Gasteiger partial charge in [0.1, 0.15) is 12.4 Å². The van der Waals surface area contributed by atoms with E-state index in [1.54, 1.807) is 17.0 Å². The first-order valence-electron chi connectivity index (χ1n) is 12.3. The van der Waals surface area contributed by atoms with E-state index in [-0.39, 0.29) is 11.6 Å². The van der Waals surface area contributed by atoms with Crippen LogP contribution in [-0.2, 0) is 17.9 Å². The molecule has 4 aromatic rings. The Kier molecular flexibility index (Phi) is 7.84. The lowest BCUT2D eigenvalue weighted by molar-refractivity contribution is -0.384. The number of non-ortho nitro benzene ring substituents is 1. The number of carbonyl (C=O) groups excluding carboxylic acids is 1. The molecule has 1 aliphatic rings. The maximum atomic E-state index is 13.5. The maximum absolute atomic E-state index is 13.5. The zero-order valence-corrected chi connectivity index (χ0v) is 22.0. The monoisotopic (exact) mass is 535 g/mol. The van der Waals surface area contributed by atoms with Crippen LogP contribution < -0.4 is 4.74 Å². The average Bonchev–Trinajstić information content (AvgIpc) is 3.23. The summed E-state index contributed by atoms with van der Waals surface area (Å²) in [5.74, 6) is 0.571. The summed E-state index contributed by atoms with van der Waals surface area (Å²) >= 11 is 1.36. The number of benzene rings is 4. The second kappa shape index (κ2) is 11.8. The first kappa shape index (κ1) is 25.9. The van der Waals surface area contributed by atoms with Gasteiger partial charge in [0.25, 0.3) is 11.6 Å². The highest BCUT2D eigenvalue weighted by Gasteiger charge is 2.33. The summed E-state index contributed by atoms with van der Waals surface area (Å²) in [6.45, 7) is 2.75. The van der Waals surface area contributed by atoms with E-state index in [9.17, 15) is 14.9 Å². The van der Waals surface area contributed by atoms with Crippen LogP contribution in [0.4, 0.5) is 11.4 Å². The van der Waals surface area contributed by atoms with Gasteiger partial charge in [0.15, 0.2) is 5.17 Å². The van der Waals surface area contributed by atoms with Crippen molar-refractivity contribution in [3.8, 4) is 5.75 Å². The number of hydrogen-bond acceptors (Lipinski definition) is 6. The smallest absolute Gasteiger partial charge is 0.269 e. The highest BCUT2D eigenvalue weighted by Crippen LogP contribution is 2.35. The van der Waals surface area contributed by atoms with Crippen LogP contribution in [0, 0.1) is 17.0 Å². The number of ether oxygens (including phenoxy) is 1. The molecule has 1 saturated heterocycles. The van der Waals surface area contributed by atoms with Crippen molar-refractivity contribution < 1.29 is 14.5 Å². The summed E-state index contributed by atoms with van der Waals surface area (Å²) in [6, 6.07) is 31.5. The van der Waals surface area contributed by atoms with Gasteiger partial charge in [-0.15, -0.1) is 0 Å². The Hall–Kier alpha value is -4.69. The molecule has 0 unspecified atom stereocenters. The molecule has 1 heterocycles. The van der Waals surface area contributed by atoms with Gasteiger partial charge in [-0.2, -0.15) is 0 Å². The third kappa shape index (κ3) is 6.61. The zero-order chi connectivity index (χ0) is 27.2. The lowest BCUT2D eigenvalue weighted by Gasteiger charge is -2.15. The number of thioether (sulfide) groups is 1. The number of hydrogen-bond donors (Lipinski definition) is 0. The zero-order valence-electron chi connectivity index (χ0n) is 21.2. The number of aryl methyl sites for hydroxylation is 1. The van der Waals surface area contributed by atoms with Gasteiger partial charge in [0.05, 0.1) is 22.1 Å². The first-order chi connectivity index (χ1) is 18.9. The van der Waals surface area contributed by atoms with Crippen molar-refractivity contribution in [2.45, 2.75) is 20.1 Å². The lowest BCUT2D eigenvalue weighted by atomic mass is 10.2. The van der Waals surface area contributed by atoms with Crippen LogP contribution in [0.5, 0.6) is 5.75 Å². The summed E-state index contributed by atoms with van der Waals surface area (Å²) in [5.41, 5.74) is 4.72. The molecule has 0 bridgehead atoms. The predicted molar refractivity (Wildman–Crippen MR) is 155 cm³/mol. The minimum absolute atomic E-state index is 0.0462. The first-order valence-corrected chi connectivity index (χ1v) is 13.1. The minimum Gasteiger partial charge on any atom is -0.489 e. The summed E-state index contributed by atoms with van der Waals surface area (Å²) in [7, 11) is 0. The van der Waals surface area contributed by atoms with Crippen LogP contribution in [0.1, 0.15) is 22.3 Å². The number of nitro groups is 1. The number of aliphatic imine (C=N–C) groups is 1. The van der Waals surface area contributed by atoms with Gasteiger partial charge in [-0.1, -0.05) is 60.2 Å². The van der Waals surface area contributed by atoms with E-state index in [1.165, 1.54) is 23.9 Å². The van der Waals surface area contributed by atoms with Crippen LogP contribution >= 0.6 is 11.8 Å². The molecule has 0 radical (unpaired) electrons. The van der Waals surface area contributed by atoms with Crippen molar-refractivity contribution in [3.63, 3.8) is 0 Å². The molecule has 1 aliphatic heterocycles. The minimum atomic E-state index is -0.427. The fraction of sp³-hybridized carbons (Fsp3) is 0.0968. The number of amides is 1. The van der Waals surface area contributed by atoms with Gasteiger partial charge in [0.2, 0.25) is 0 Å². The molecule has 8 heteroatoms. The molecule has 7 nitrogen and oxygen atoms in total. The van der Waals surface area contributed by atoms with Gasteiger partial charge in [0, 0.05) is 12.1 Å². The molecule has 0 aliphatic carbocycles. The van der Waals surface area contributed by atoms with E-state index in [1.807, 2.05) is 91.9 Å². The maximum Gasteiger partial charge on any atom is 0.269 e. The van der Waals surface area contributed by atoms with Crippen molar-refractivity contribution in [2.24, 2.45) is 4.99 Å². The average molecular weight is 536 g/mol. The molecule has 0 saturated carbocycles. The van der Waals surface area contributed by atoms with E-state index in [2.05, 4.69) is 0 Å². The largest absolute Gasteiger partial charge is 0.489 e. The molecule has 0 aromatic heterocycles. The Morgan fingerprint density at radius 3 is 2.26 bits per heavy atom. The molecule has 0 spiro atoms. The van der Waals surface area contributed by atoms with E-state index in [0.717, 1.165) is 27.9 Å². The van der Waals surface area contributed by atoms with Crippen LogP contribution in [-0.4, -0.2) is 20.9 Å². The fourth-order valence-corrected chi connectivity index (χ4v) is 4.92. The quantitative estimate of drug-likeness (QED) is 0.134. The SMILES string of the molecule is Cc1ccc(N=C2S/C(=C/c3ccc(OCc4ccc([N+](=O)[O-])cc4)cc3)C(=O)N2Cc2ccccc2)cc1. The molecular formula is C31H25N3O4S. The van der Waals surface area contributed by atoms with Crippen LogP contribution in [0.2, 0.25) is 0 Å². The summed E-state index contributed by atoms with van der Waals surface area (Å²) in [6.07, 6.45) is 1.86. The molecule has 1 fully saturated rings. The second-order valence-electron chi connectivity index (χ2n) is 9.00. The predicted octanol–water partition coefficient (Wildman–Crippen LogP) is 7.29. The van der Waals surface area contributed by atoms with Crippen molar-refractivity contribution in [2.75, 3.05) is 0 Å². The molecule has 5 rings (SSSR count). The number of amidine groups is 1. The molecule has 4 aromatic carbocycles. The van der Waals surface area contributed by atoms with Gasteiger partial charge in [-0.25, -0.2) is 4.99 Å². The molecular weight excluding hydrogens is 510 g/mol. The van der Waals surface area contributed by atoms with Gasteiger partial charge >= 0.3 is 0 Å². The lowest BCUT2D eigenvalue weighted by Crippen LogP contribution is -2.28. The summed E-state index contributed by atoms with van der Waals surface area (Å²) in [4.78, 5) is 30.9. The number of carbonyl (C=O) groups is 1. The number of nitrogens with zero attached hydrogens (tertiary/aromatic N) is 3. The van der Waals surface area contributed by atoms with Crippen LogP contribution in [0.25, 0.3) is 6.08 Å². The van der Waals surface area contributed by atoms with E-state index < -0.39 is 4.92 Å². The van der Waals surface area contributed by atoms with E-state index in [0.29, 0.717) is 29.0 Å². The van der Waals surface area contributed by atoms with Crippen molar-refractivity contribution >= 4 is 40.3 Å². The Morgan fingerprint density at radius 1 is 0.897 bits per heavy atom. The third-order valence-corrected chi connectivity index (χ3v) is 7.07. The summed E-state index contributed by atoms with van der Waals surface area (Å²) < 4.78 is 5.82. The van der Waals surface area contributed by atoms with Crippen molar-refractivity contribution in [1.82, 2.24) is 4.90 Å². The van der Waals surface area contributed by atoms with Gasteiger partial charge < -0.3 is 4.74 Å². The topological polar surface area (TPSA) is 85.0 Å². The summed E-state index contributed by atoms with van der Waals surface area (Å²) in [5, 5.41) is 11.5. The van der Waals surface area contributed by atoms with Gasteiger partial charge in [-0.05, 0) is 77.9 Å². The van der Waals surface area contributed by atoms with Crippen molar-refractivity contribution in [1.29, 1.82) is 0 Å². The highest BCUT2D eigenvalue weighted by atomic mass is 32.2. The molecule has 1 amide bonds. The standard InChI is InChI=1S/C31H25N3O4S/c1-22-7-13-26(14-8-22)32-31-33(20-24-5-3-2-4-6-24)30(35)29(39-31)19-23-11-17-28(18-12-23)38-21-25-9-15-27(16-10-25)34(36)37/h2-19H,20-21H2,1H3/b29-19+,32-31?. The fourth-order valence-electron chi connectivity index (χ4n) is 3.92. The second-order valence-corrected chi connectivity index (χ2v) is 10.0. The van der Waals surface area contributed by atoms with Gasteiger partial charge in [-0.3, -0.25) is 19.8 Å². The molecule has 194 valence electrons. The van der Waals surface area contributed by atoms with E-state index >= 15 is 0 Å². The Bertz CT molecular complexity index is 1530. The highest BCUT2D eigenvalue weighted by molar-refractivity contribution is 8.18. The van der Waals surface area contributed by atoms with Crippen LogP contribution in [0.3, 0.4) is 0 Å². The normalized spacial score (nSPS) is 15.2. The Balaban J connectivity index is 1.32. The van der Waals surface area contributed by atoms with Crippen molar-refractivity contribution in [3.05, 3.63) is 140 Å². The number of nitro benzene ring substituents is 1. The Labute approximate surface area is 230 Å². The third-order valence-electron chi connectivity index (χ3n) is 6.06. The molecule has 0 N–H and O–H groups in total. The van der Waals surface area contributed by atoms with E-state index in [4.69, 9.17) is 9.73 Å². The molecule has 0 atom stereocenters. The molecule has 39 heavy (non-hydrogen) atoms. The Morgan fingerprint density at radius 2 is 1.59 bits per heavy atom. The van der Waals surface area contributed by atoms with Crippen LogP contribution in [0.15, 0.2) is 113 Å².